The average Bonchev–Trinajstić information content (AvgIpc) is 3.04. The summed E-state index contributed by atoms with van der Waals surface area (Å²) in [6, 6.07) is 0. The van der Waals surface area contributed by atoms with Crippen LogP contribution in [0.1, 0.15) is 78.1 Å². The van der Waals surface area contributed by atoms with Gasteiger partial charge < -0.3 is 10.1 Å². The van der Waals surface area contributed by atoms with Gasteiger partial charge in [0.25, 0.3) is 0 Å². The first kappa shape index (κ1) is 20.7. The number of esters is 1. The topological polar surface area (TPSA) is 72.5 Å². The van der Waals surface area contributed by atoms with E-state index in [2.05, 4.69) is 19.2 Å². The molecule has 0 aromatic carbocycles. The predicted molar refractivity (Wildman–Crippen MR) is 113 cm³/mol. The lowest BCUT2D eigenvalue weighted by Crippen LogP contribution is -2.57. The summed E-state index contributed by atoms with van der Waals surface area (Å²) in [5.74, 6) is 1.99. The van der Waals surface area contributed by atoms with Crippen LogP contribution in [0.2, 0.25) is 0 Å². The number of carbonyl (C=O) groups is 3. The maximum Gasteiger partial charge on any atom is 0.310 e. The number of fused-ring (bicyclic) bond motifs is 5. The van der Waals surface area contributed by atoms with Crippen LogP contribution in [0.25, 0.3) is 0 Å². The Hall–Kier alpha value is -1.23. The normalized spacial score (nSPS) is 48.5. The summed E-state index contributed by atoms with van der Waals surface area (Å²) in [4.78, 5) is 38.6. The van der Waals surface area contributed by atoms with Gasteiger partial charge >= 0.3 is 5.97 Å². The van der Waals surface area contributed by atoms with Crippen LogP contribution in [0.15, 0.2) is 0 Å². The zero-order valence-electron chi connectivity index (χ0n) is 18.6. The third-order valence-corrected chi connectivity index (χ3v) is 10.0. The van der Waals surface area contributed by atoms with Crippen LogP contribution < -0.4 is 5.32 Å². The highest BCUT2D eigenvalue weighted by molar-refractivity contribution is 5.88. The van der Waals surface area contributed by atoms with E-state index in [9.17, 15) is 14.4 Å². The molecular weight excluding hydrogens is 378 g/mol. The van der Waals surface area contributed by atoms with E-state index >= 15 is 0 Å². The number of Topliss-reactive ketones (excluding diaryl/α,β-unsaturated/α-hetero) is 2. The molecule has 1 saturated heterocycles. The Balaban J connectivity index is 1.30. The molecule has 5 aliphatic rings. The Bertz CT molecular complexity index is 743. The lowest BCUT2D eigenvalue weighted by atomic mass is 9.45. The molecule has 0 amide bonds. The predicted octanol–water partition coefficient (Wildman–Crippen LogP) is 3.69. The molecule has 8 atom stereocenters. The van der Waals surface area contributed by atoms with Crippen molar-refractivity contribution in [2.24, 2.45) is 40.4 Å². The first-order valence-corrected chi connectivity index (χ1v) is 12.3. The Morgan fingerprint density at radius 2 is 1.90 bits per heavy atom. The van der Waals surface area contributed by atoms with Crippen molar-refractivity contribution in [2.45, 2.75) is 84.2 Å². The Morgan fingerprint density at radius 1 is 1.07 bits per heavy atom. The highest BCUT2D eigenvalue weighted by Gasteiger charge is 2.62. The molecule has 30 heavy (non-hydrogen) atoms. The van der Waals surface area contributed by atoms with Crippen molar-refractivity contribution >= 4 is 17.5 Å². The molecule has 5 fully saturated rings. The third-order valence-electron chi connectivity index (χ3n) is 10.0. The molecule has 2 unspecified atom stereocenters. The Labute approximate surface area is 180 Å². The molecule has 4 aliphatic carbocycles. The average molecular weight is 416 g/mol. The van der Waals surface area contributed by atoms with Gasteiger partial charge in [-0.3, -0.25) is 14.4 Å². The van der Waals surface area contributed by atoms with Crippen molar-refractivity contribution < 1.29 is 19.1 Å². The summed E-state index contributed by atoms with van der Waals surface area (Å²) >= 11 is 0. The fraction of sp³-hybridized carbons (Fsp3) is 0.880. The minimum Gasteiger partial charge on any atom is -0.462 e. The monoisotopic (exact) mass is 415 g/mol. The highest BCUT2D eigenvalue weighted by Crippen LogP contribution is 2.64. The lowest BCUT2D eigenvalue weighted by molar-refractivity contribution is -0.172. The maximum absolute atomic E-state index is 13.4. The van der Waals surface area contributed by atoms with E-state index in [0.717, 1.165) is 51.5 Å². The number of hydrogen-bond acceptors (Lipinski definition) is 5. The Kier molecular flexibility index (Phi) is 5.11. The molecule has 5 rings (SSSR count). The second-order valence-corrected chi connectivity index (χ2v) is 11.4. The van der Waals surface area contributed by atoms with Gasteiger partial charge in [0.15, 0.2) is 0 Å². The summed E-state index contributed by atoms with van der Waals surface area (Å²) in [6.07, 6.45) is 8.71. The van der Waals surface area contributed by atoms with Crippen molar-refractivity contribution in [1.29, 1.82) is 0 Å². The van der Waals surface area contributed by atoms with Crippen molar-refractivity contribution in [1.82, 2.24) is 5.32 Å². The van der Waals surface area contributed by atoms with E-state index in [1.54, 1.807) is 0 Å². The van der Waals surface area contributed by atoms with Gasteiger partial charge in [-0.25, -0.2) is 0 Å². The van der Waals surface area contributed by atoms with E-state index in [0.29, 0.717) is 55.1 Å². The molecule has 5 nitrogen and oxygen atoms in total. The van der Waals surface area contributed by atoms with Crippen LogP contribution in [0.3, 0.4) is 0 Å². The number of piperidine rings is 1. The number of rotatable bonds is 2. The summed E-state index contributed by atoms with van der Waals surface area (Å²) < 4.78 is 5.93. The van der Waals surface area contributed by atoms with Gasteiger partial charge in [0, 0.05) is 30.7 Å². The number of hydrogen-bond donors (Lipinski definition) is 1. The molecule has 0 radical (unpaired) electrons. The van der Waals surface area contributed by atoms with E-state index < -0.39 is 0 Å². The molecule has 0 aromatic rings. The van der Waals surface area contributed by atoms with Crippen LogP contribution in [0.5, 0.6) is 0 Å². The van der Waals surface area contributed by atoms with Crippen molar-refractivity contribution in [3.63, 3.8) is 0 Å². The molecule has 0 bridgehead atoms. The fourth-order valence-corrected chi connectivity index (χ4v) is 8.20. The van der Waals surface area contributed by atoms with E-state index in [-0.39, 0.29) is 34.7 Å². The van der Waals surface area contributed by atoms with Gasteiger partial charge in [0.2, 0.25) is 0 Å². The zero-order valence-corrected chi connectivity index (χ0v) is 18.6. The molecule has 1 N–H and O–H groups in total. The molecule has 0 aromatic heterocycles. The fourth-order valence-electron chi connectivity index (χ4n) is 8.20. The number of ether oxygens (including phenoxy) is 1. The van der Waals surface area contributed by atoms with E-state index in [4.69, 9.17) is 4.74 Å². The number of nitrogens with one attached hydrogen (secondary N) is 1. The number of carbonyl (C=O) groups excluding carboxylic acids is 3. The van der Waals surface area contributed by atoms with Crippen LogP contribution in [-0.2, 0) is 19.1 Å². The largest absolute Gasteiger partial charge is 0.462 e. The lowest BCUT2D eigenvalue weighted by Gasteiger charge is -2.59. The summed E-state index contributed by atoms with van der Waals surface area (Å²) in [5.41, 5.74) is -0.187. The second kappa shape index (κ2) is 7.43. The van der Waals surface area contributed by atoms with Gasteiger partial charge in [-0.2, -0.15) is 0 Å². The Morgan fingerprint density at radius 3 is 2.67 bits per heavy atom. The zero-order chi connectivity index (χ0) is 21.1. The van der Waals surface area contributed by atoms with Crippen LogP contribution in [0, 0.1) is 40.4 Å². The first-order valence-electron chi connectivity index (χ1n) is 12.3. The number of ketones is 2. The van der Waals surface area contributed by atoms with Crippen LogP contribution in [-0.4, -0.2) is 36.7 Å². The minimum absolute atomic E-state index is 0.00225. The maximum atomic E-state index is 13.4. The SMILES string of the molecule is C[C@]12CCC(OC(=O)[C@@H]3CCCNC3)CC1C(=O)C[C@@H]1[C@H]2CC[C@]2(C)C(=O)CC[C@@H]12. The summed E-state index contributed by atoms with van der Waals surface area (Å²) in [7, 11) is 0. The molecule has 0 spiro atoms. The van der Waals surface area contributed by atoms with E-state index in [1.807, 2.05) is 0 Å². The molecule has 4 saturated carbocycles. The van der Waals surface area contributed by atoms with Crippen LogP contribution in [0.4, 0.5) is 0 Å². The quantitative estimate of drug-likeness (QED) is 0.697. The van der Waals surface area contributed by atoms with Gasteiger partial charge in [0.05, 0.1) is 5.92 Å². The minimum atomic E-state index is -0.189. The standard InChI is InChI=1S/C25H37NO4/c1-24-9-7-16(30-23(29)15-4-3-11-26-14-15)12-20(24)21(27)13-17-18-5-6-22(28)25(18,2)10-8-19(17)24/h15-20,26H,3-14H2,1-2H3/t15-,16?,17+,18+,19-,20?,24-,25+/m1/s1. The summed E-state index contributed by atoms with van der Waals surface area (Å²) in [5, 5.41) is 3.29. The summed E-state index contributed by atoms with van der Waals surface area (Å²) in [6.45, 7) is 6.19. The molecular formula is C25H37NO4. The first-order chi connectivity index (χ1) is 14.3. The van der Waals surface area contributed by atoms with Crippen molar-refractivity contribution in [2.75, 3.05) is 13.1 Å². The van der Waals surface area contributed by atoms with Gasteiger partial charge in [-0.1, -0.05) is 13.8 Å². The van der Waals surface area contributed by atoms with Gasteiger partial charge in [0.1, 0.15) is 17.7 Å². The molecule has 5 heteroatoms. The molecule has 1 aliphatic heterocycles. The highest BCUT2D eigenvalue weighted by atomic mass is 16.5. The van der Waals surface area contributed by atoms with Crippen molar-refractivity contribution in [3.8, 4) is 0 Å². The van der Waals surface area contributed by atoms with Crippen LogP contribution >= 0.6 is 0 Å². The smallest absolute Gasteiger partial charge is 0.310 e. The van der Waals surface area contributed by atoms with Crippen molar-refractivity contribution in [3.05, 3.63) is 0 Å². The van der Waals surface area contributed by atoms with Gasteiger partial charge in [-0.05, 0) is 81.1 Å². The third kappa shape index (κ3) is 3.10. The molecule has 1 heterocycles. The molecule has 166 valence electrons. The van der Waals surface area contributed by atoms with Gasteiger partial charge in [-0.15, -0.1) is 0 Å². The van der Waals surface area contributed by atoms with E-state index in [1.165, 1.54) is 0 Å². The second-order valence-electron chi connectivity index (χ2n) is 11.4.